The Kier molecular flexibility index (Phi) is 2.00. The topological polar surface area (TPSA) is 58.9 Å². The first kappa shape index (κ1) is 8.56. The van der Waals surface area contributed by atoms with Crippen LogP contribution < -0.4 is 5.73 Å². The van der Waals surface area contributed by atoms with Gasteiger partial charge in [-0.3, -0.25) is 4.79 Å². The molecule has 2 rings (SSSR count). The number of nitrogens with zero attached hydrogens (tertiary/aromatic N) is 1. The van der Waals surface area contributed by atoms with Crippen molar-refractivity contribution in [1.82, 2.24) is 4.90 Å². The first-order valence-electron chi connectivity index (χ1n) is 4.54. The molecule has 0 saturated carbocycles. The van der Waals surface area contributed by atoms with Crippen LogP contribution >= 0.6 is 0 Å². The maximum absolute atomic E-state index is 11.6. The van der Waals surface area contributed by atoms with Crippen LogP contribution in [0.15, 0.2) is 11.3 Å². The Morgan fingerprint density at radius 3 is 3.00 bits per heavy atom. The van der Waals surface area contributed by atoms with Crippen molar-refractivity contribution in [2.75, 3.05) is 19.7 Å². The van der Waals surface area contributed by atoms with E-state index >= 15 is 0 Å². The fraction of sp³-hybridized carbons (Fsp3) is 0.667. The van der Waals surface area contributed by atoms with Gasteiger partial charge in [-0.1, -0.05) is 0 Å². The van der Waals surface area contributed by atoms with Crippen molar-refractivity contribution < 1.29 is 9.53 Å². The second-order valence-electron chi connectivity index (χ2n) is 3.61. The lowest BCUT2D eigenvalue weighted by atomic mass is 10.1. The number of rotatable bonds is 2. The van der Waals surface area contributed by atoms with Gasteiger partial charge in [-0.25, -0.2) is 0 Å². The molecule has 1 amide bonds. The van der Waals surface area contributed by atoms with Crippen molar-refractivity contribution in [2.24, 2.45) is 5.73 Å². The van der Waals surface area contributed by atoms with Crippen molar-refractivity contribution in [3.63, 3.8) is 0 Å². The van der Waals surface area contributed by atoms with Crippen molar-refractivity contribution >= 4 is 5.91 Å². The smallest absolute Gasteiger partial charge is 0.251 e. The van der Waals surface area contributed by atoms with Gasteiger partial charge >= 0.3 is 0 Å². The van der Waals surface area contributed by atoms with Crippen LogP contribution in [0, 0.1) is 0 Å². The highest BCUT2D eigenvalue weighted by Crippen LogP contribution is 2.18. The van der Waals surface area contributed by atoms with Gasteiger partial charge in [0.15, 0.2) is 0 Å². The monoisotopic (exact) mass is 182 g/mol. The maximum atomic E-state index is 11.6. The lowest BCUT2D eigenvalue weighted by Gasteiger charge is -2.27. The molecule has 2 heterocycles. The third kappa shape index (κ3) is 1.67. The fourth-order valence-corrected chi connectivity index (χ4v) is 1.51. The van der Waals surface area contributed by atoms with Gasteiger partial charge < -0.3 is 15.4 Å². The van der Waals surface area contributed by atoms with Gasteiger partial charge in [-0.15, -0.1) is 0 Å². The summed E-state index contributed by atoms with van der Waals surface area (Å²) in [5.74, 6) is 0.0688. The van der Waals surface area contributed by atoms with E-state index in [4.69, 9.17) is 10.5 Å². The minimum Gasteiger partial charge on any atom is -0.402 e. The van der Waals surface area contributed by atoms with Crippen LogP contribution in [0.3, 0.4) is 0 Å². The fourth-order valence-electron chi connectivity index (χ4n) is 1.51. The first-order chi connectivity index (χ1) is 6.18. The zero-order valence-electron chi connectivity index (χ0n) is 7.75. The third-order valence-electron chi connectivity index (χ3n) is 2.57. The lowest BCUT2D eigenvalue weighted by Crippen LogP contribution is -2.40. The quantitative estimate of drug-likeness (QED) is 0.604. The zero-order valence-corrected chi connectivity index (χ0v) is 7.75. The van der Waals surface area contributed by atoms with Gasteiger partial charge in [-0.05, 0) is 6.92 Å². The van der Waals surface area contributed by atoms with Crippen molar-refractivity contribution in [3.05, 3.63) is 11.3 Å². The van der Waals surface area contributed by atoms with E-state index in [1.807, 2.05) is 4.90 Å². The van der Waals surface area contributed by atoms with Crippen LogP contribution in [-0.2, 0) is 9.53 Å². The minimum atomic E-state index is 0.0688. The molecule has 72 valence electrons. The molecule has 0 spiro atoms. The maximum Gasteiger partial charge on any atom is 0.251 e. The summed E-state index contributed by atoms with van der Waals surface area (Å²) < 4.78 is 5.08. The van der Waals surface area contributed by atoms with Gasteiger partial charge in [0.05, 0.1) is 12.7 Å². The number of ether oxygens (including phenoxy) is 1. The Morgan fingerprint density at radius 2 is 2.38 bits per heavy atom. The molecule has 1 atom stereocenters. The molecule has 4 nitrogen and oxygen atoms in total. The van der Waals surface area contributed by atoms with E-state index in [1.54, 1.807) is 6.92 Å². The summed E-state index contributed by atoms with van der Waals surface area (Å²) in [6, 6.07) is 0. The van der Waals surface area contributed by atoms with Crippen LogP contribution in [0.5, 0.6) is 0 Å². The molecule has 1 saturated heterocycles. The number of hydrogen-bond donors (Lipinski definition) is 1. The SMILES string of the molecule is CC1=C(N)CCN(CC2CO2)C1=O. The van der Waals surface area contributed by atoms with E-state index in [-0.39, 0.29) is 12.0 Å². The third-order valence-corrected chi connectivity index (χ3v) is 2.57. The molecule has 0 radical (unpaired) electrons. The van der Waals surface area contributed by atoms with E-state index < -0.39 is 0 Å². The average Bonchev–Trinajstić information content (AvgIpc) is 2.90. The van der Waals surface area contributed by atoms with Crippen LogP contribution in [0.1, 0.15) is 13.3 Å². The van der Waals surface area contributed by atoms with Crippen molar-refractivity contribution in [2.45, 2.75) is 19.4 Å². The Labute approximate surface area is 77.3 Å². The number of epoxide rings is 1. The predicted molar refractivity (Wildman–Crippen MR) is 47.8 cm³/mol. The largest absolute Gasteiger partial charge is 0.402 e. The molecule has 4 heteroatoms. The molecule has 0 aromatic heterocycles. The van der Waals surface area contributed by atoms with Crippen molar-refractivity contribution in [3.8, 4) is 0 Å². The van der Waals surface area contributed by atoms with Crippen LogP contribution in [0.4, 0.5) is 0 Å². The number of hydrogen-bond acceptors (Lipinski definition) is 3. The van der Waals surface area contributed by atoms with Crippen LogP contribution in [0.2, 0.25) is 0 Å². The molecule has 2 N–H and O–H groups in total. The van der Waals surface area contributed by atoms with Gasteiger partial charge in [0, 0.05) is 30.8 Å². The molecule has 2 aliphatic heterocycles. The Bertz CT molecular complexity index is 269. The first-order valence-corrected chi connectivity index (χ1v) is 4.54. The summed E-state index contributed by atoms with van der Waals surface area (Å²) in [4.78, 5) is 13.5. The Morgan fingerprint density at radius 1 is 1.69 bits per heavy atom. The van der Waals surface area contributed by atoms with Crippen LogP contribution in [0.25, 0.3) is 0 Å². The van der Waals surface area contributed by atoms with Gasteiger partial charge in [0.1, 0.15) is 0 Å². The highest BCUT2D eigenvalue weighted by Gasteiger charge is 2.30. The molecule has 0 aliphatic carbocycles. The van der Waals surface area contributed by atoms with E-state index in [0.717, 1.165) is 31.8 Å². The molecule has 0 aromatic rings. The molecule has 0 bridgehead atoms. The highest BCUT2D eigenvalue weighted by atomic mass is 16.6. The minimum absolute atomic E-state index is 0.0688. The summed E-state index contributed by atoms with van der Waals surface area (Å²) in [5.41, 5.74) is 7.11. The molecule has 13 heavy (non-hydrogen) atoms. The summed E-state index contributed by atoms with van der Waals surface area (Å²) in [7, 11) is 0. The standard InChI is InChI=1S/C9H14N2O2/c1-6-8(10)2-3-11(9(6)12)4-7-5-13-7/h7H,2-5,10H2,1H3. The van der Waals surface area contributed by atoms with E-state index in [0.29, 0.717) is 5.57 Å². The molecule has 0 aromatic carbocycles. The van der Waals surface area contributed by atoms with Gasteiger partial charge in [0.2, 0.25) is 0 Å². The molecule has 1 fully saturated rings. The second kappa shape index (κ2) is 3.03. The average molecular weight is 182 g/mol. The highest BCUT2D eigenvalue weighted by molar-refractivity contribution is 5.94. The molecular weight excluding hydrogens is 168 g/mol. The van der Waals surface area contributed by atoms with Crippen LogP contribution in [-0.4, -0.2) is 36.6 Å². The zero-order chi connectivity index (χ0) is 9.42. The predicted octanol–water partition coefficient (Wildman–Crippen LogP) is -0.150. The Balaban J connectivity index is 2.03. The summed E-state index contributed by atoms with van der Waals surface area (Å²) >= 11 is 0. The number of amides is 1. The van der Waals surface area contributed by atoms with Crippen molar-refractivity contribution in [1.29, 1.82) is 0 Å². The molecule has 1 unspecified atom stereocenters. The number of carbonyl (C=O) groups is 1. The summed E-state index contributed by atoms with van der Waals surface area (Å²) in [6.45, 7) is 4.05. The number of carbonyl (C=O) groups excluding carboxylic acids is 1. The second-order valence-corrected chi connectivity index (χ2v) is 3.61. The summed E-state index contributed by atoms with van der Waals surface area (Å²) in [5, 5.41) is 0. The van der Waals surface area contributed by atoms with E-state index in [2.05, 4.69) is 0 Å². The number of nitrogens with two attached hydrogens (primary N) is 1. The lowest BCUT2D eigenvalue weighted by molar-refractivity contribution is -0.128. The molecule has 2 aliphatic rings. The normalized spacial score (nSPS) is 28.2. The molecular formula is C9H14N2O2. The Hall–Kier alpha value is -1.03. The van der Waals surface area contributed by atoms with E-state index in [1.165, 1.54) is 0 Å². The van der Waals surface area contributed by atoms with Gasteiger partial charge in [-0.2, -0.15) is 0 Å². The van der Waals surface area contributed by atoms with E-state index in [9.17, 15) is 4.79 Å². The van der Waals surface area contributed by atoms with Gasteiger partial charge in [0.25, 0.3) is 5.91 Å². The summed E-state index contributed by atoms with van der Waals surface area (Å²) in [6.07, 6.45) is 1.07.